The molecule has 28 heavy (non-hydrogen) atoms. The lowest BCUT2D eigenvalue weighted by molar-refractivity contribution is -0.119. The van der Waals surface area contributed by atoms with Crippen molar-refractivity contribution in [3.8, 4) is 5.95 Å². The molecular weight excluding hydrogens is 388 g/mol. The number of nitrogen functional groups attached to an aromatic ring is 1. The van der Waals surface area contributed by atoms with E-state index < -0.39 is 17.7 Å². The van der Waals surface area contributed by atoms with E-state index in [0.29, 0.717) is 11.1 Å². The van der Waals surface area contributed by atoms with Crippen molar-refractivity contribution >= 4 is 17.7 Å². The van der Waals surface area contributed by atoms with E-state index in [0.717, 1.165) is 35.3 Å². The lowest BCUT2D eigenvalue weighted by Gasteiger charge is -2.15. The number of nitrogens with two attached hydrogens (primary N) is 1. The van der Waals surface area contributed by atoms with Crippen LogP contribution in [0.3, 0.4) is 0 Å². The first-order chi connectivity index (χ1) is 13.3. The molecule has 3 aromatic rings. The highest BCUT2D eigenvalue weighted by molar-refractivity contribution is 7.99. The topological polar surface area (TPSA) is 104 Å². The number of halogens is 2. The van der Waals surface area contributed by atoms with Crippen LogP contribution in [-0.2, 0) is 4.79 Å². The summed E-state index contributed by atoms with van der Waals surface area (Å²) in [5.41, 5.74) is 1.87. The second-order valence-electron chi connectivity index (χ2n) is 6.24. The van der Waals surface area contributed by atoms with Gasteiger partial charge in [-0.1, -0.05) is 17.8 Å². The molecule has 2 heterocycles. The number of nitrogens with one attached hydrogen (secondary N) is 1. The fraction of sp³-hybridized carbons (Fsp3) is 0.294. The van der Waals surface area contributed by atoms with Crippen molar-refractivity contribution in [2.75, 3.05) is 11.6 Å². The molecule has 3 rings (SSSR count). The van der Waals surface area contributed by atoms with Crippen LogP contribution in [0.4, 0.5) is 8.78 Å². The smallest absolute Gasteiger partial charge is 0.271 e. The van der Waals surface area contributed by atoms with Crippen LogP contribution in [0.5, 0.6) is 0 Å². The van der Waals surface area contributed by atoms with Crippen molar-refractivity contribution in [1.29, 1.82) is 0 Å². The quantitative estimate of drug-likeness (QED) is 0.479. The van der Waals surface area contributed by atoms with Gasteiger partial charge in [-0.15, -0.1) is 10.2 Å². The van der Waals surface area contributed by atoms with Crippen LogP contribution in [0.25, 0.3) is 5.95 Å². The highest BCUT2D eigenvalue weighted by Crippen LogP contribution is 2.20. The summed E-state index contributed by atoms with van der Waals surface area (Å²) in [5.74, 6) is 4.62. The summed E-state index contributed by atoms with van der Waals surface area (Å²) in [4.78, 5) is 12.2. The van der Waals surface area contributed by atoms with Gasteiger partial charge in [-0.3, -0.25) is 4.79 Å². The van der Waals surface area contributed by atoms with Gasteiger partial charge in [0.1, 0.15) is 11.6 Å². The molecule has 1 atom stereocenters. The molecule has 148 valence electrons. The molecule has 0 radical (unpaired) electrons. The number of hydrogen-bond donors (Lipinski definition) is 2. The molecule has 0 aliphatic carbocycles. The Morgan fingerprint density at radius 3 is 2.68 bits per heavy atom. The first-order valence-electron chi connectivity index (χ1n) is 8.37. The summed E-state index contributed by atoms with van der Waals surface area (Å²) in [6, 6.07) is 4.50. The predicted octanol–water partition coefficient (Wildman–Crippen LogP) is 2.04. The van der Waals surface area contributed by atoms with Crippen LogP contribution in [0.15, 0.2) is 29.4 Å². The van der Waals surface area contributed by atoms with Gasteiger partial charge in [-0.05, 0) is 32.9 Å². The molecule has 8 nitrogen and oxygen atoms in total. The predicted molar refractivity (Wildman–Crippen MR) is 100 cm³/mol. The molecule has 0 fully saturated rings. The maximum absolute atomic E-state index is 13.8. The fourth-order valence-electron chi connectivity index (χ4n) is 2.69. The third-order valence-corrected chi connectivity index (χ3v) is 4.93. The first-order valence-corrected chi connectivity index (χ1v) is 9.36. The van der Waals surface area contributed by atoms with Crippen molar-refractivity contribution in [3.63, 3.8) is 0 Å². The standard InChI is InChI=1S/C17H19F2N7OS/c1-9-6-10(2)26(24-9)16-22-23-17(25(16)20)28-8-15(27)21-11(3)13-5-4-12(18)7-14(13)19/h4-7,11H,8,20H2,1-3H3,(H,21,27). The van der Waals surface area contributed by atoms with Gasteiger partial charge < -0.3 is 11.2 Å². The van der Waals surface area contributed by atoms with E-state index in [1.807, 2.05) is 19.9 Å². The van der Waals surface area contributed by atoms with E-state index >= 15 is 0 Å². The lowest BCUT2D eigenvalue weighted by atomic mass is 10.1. The Balaban J connectivity index is 1.63. The van der Waals surface area contributed by atoms with Gasteiger partial charge in [-0.2, -0.15) is 5.10 Å². The van der Waals surface area contributed by atoms with Crippen molar-refractivity contribution in [2.45, 2.75) is 32.0 Å². The van der Waals surface area contributed by atoms with Crippen LogP contribution in [0.1, 0.15) is 29.9 Å². The first kappa shape index (κ1) is 19.8. The van der Waals surface area contributed by atoms with E-state index in [2.05, 4.69) is 20.6 Å². The molecule has 0 saturated heterocycles. The largest absolute Gasteiger partial charge is 0.349 e. The number of nitrogens with zero attached hydrogens (tertiary/aromatic N) is 5. The van der Waals surface area contributed by atoms with Crippen LogP contribution in [-0.4, -0.2) is 36.3 Å². The molecular formula is C17H19F2N7OS. The number of carbonyl (C=O) groups is 1. The van der Waals surface area contributed by atoms with Crippen molar-refractivity contribution in [2.24, 2.45) is 0 Å². The van der Waals surface area contributed by atoms with Crippen molar-refractivity contribution < 1.29 is 13.6 Å². The van der Waals surface area contributed by atoms with E-state index in [9.17, 15) is 13.6 Å². The number of benzene rings is 1. The molecule has 11 heteroatoms. The number of rotatable bonds is 6. The SMILES string of the molecule is Cc1cc(C)n(-c2nnc(SCC(=O)NC(C)c3ccc(F)cc3F)n2N)n1. The molecule has 3 N–H and O–H groups in total. The molecule has 0 aliphatic heterocycles. The molecule has 1 amide bonds. The zero-order chi connectivity index (χ0) is 20.4. The highest BCUT2D eigenvalue weighted by atomic mass is 32.2. The molecule has 1 unspecified atom stereocenters. The molecule has 0 saturated carbocycles. The second-order valence-corrected chi connectivity index (χ2v) is 7.18. The minimum absolute atomic E-state index is 0.000393. The van der Waals surface area contributed by atoms with Crippen molar-refractivity contribution in [3.05, 3.63) is 52.9 Å². The Hall–Kier alpha value is -2.95. The molecule has 0 aliphatic rings. The molecule has 0 spiro atoms. The zero-order valence-corrected chi connectivity index (χ0v) is 16.3. The van der Waals surface area contributed by atoms with Gasteiger partial charge >= 0.3 is 0 Å². The summed E-state index contributed by atoms with van der Waals surface area (Å²) in [5, 5.41) is 15.3. The van der Waals surface area contributed by atoms with Gasteiger partial charge in [0.25, 0.3) is 5.95 Å². The zero-order valence-electron chi connectivity index (χ0n) is 15.5. The third-order valence-electron chi connectivity index (χ3n) is 3.98. The van der Waals surface area contributed by atoms with Crippen LogP contribution >= 0.6 is 11.8 Å². The number of carbonyl (C=O) groups excluding carboxylic acids is 1. The van der Waals surface area contributed by atoms with Gasteiger partial charge in [-0.25, -0.2) is 18.1 Å². The summed E-state index contributed by atoms with van der Waals surface area (Å²) in [7, 11) is 0. The highest BCUT2D eigenvalue weighted by Gasteiger charge is 2.18. The number of aryl methyl sites for hydroxylation is 2. The van der Waals surface area contributed by atoms with Gasteiger partial charge in [0, 0.05) is 17.3 Å². The number of amides is 1. The lowest BCUT2D eigenvalue weighted by Crippen LogP contribution is -2.29. The second kappa shape index (κ2) is 7.97. The van der Waals surface area contributed by atoms with Gasteiger partial charge in [0.05, 0.1) is 17.5 Å². The summed E-state index contributed by atoms with van der Waals surface area (Å²) < 4.78 is 29.6. The Bertz CT molecular complexity index is 1020. The Morgan fingerprint density at radius 1 is 1.29 bits per heavy atom. The van der Waals surface area contributed by atoms with E-state index in [1.54, 1.807) is 11.6 Å². The van der Waals surface area contributed by atoms with Gasteiger partial charge in [0.15, 0.2) is 0 Å². The maximum atomic E-state index is 13.8. The third kappa shape index (κ3) is 4.14. The maximum Gasteiger partial charge on any atom is 0.271 e. The Morgan fingerprint density at radius 2 is 2.04 bits per heavy atom. The number of thioether (sulfide) groups is 1. The molecule has 0 bridgehead atoms. The average molecular weight is 407 g/mol. The summed E-state index contributed by atoms with van der Waals surface area (Å²) in [6.45, 7) is 5.34. The number of hydrogen-bond acceptors (Lipinski definition) is 6. The van der Waals surface area contributed by atoms with Crippen LogP contribution in [0.2, 0.25) is 0 Å². The van der Waals surface area contributed by atoms with E-state index in [4.69, 9.17) is 5.84 Å². The minimum atomic E-state index is -0.711. The number of aromatic nitrogens is 5. The normalized spacial score (nSPS) is 12.2. The molecule has 1 aromatic carbocycles. The van der Waals surface area contributed by atoms with Gasteiger partial charge in [0.2, 0.25) is 11.1 Å². The Kier molecular flexibility index (Phi) is 5.63. The summed E-state index contributed by atoms with van der Waals surface area (Å²) in [6.07, 6.45) is 0. The monoisotopic (exact) mass is 407 g/mol. The van der Waals surface area contributed by atoms with E-state index in [-0.39, 0.29) is 17.2 Å². The van der Waals surface area contributed by atoms with Crippen LogP contribution < -0.4 is 11.2 Å². The Labute approximate surface area is 164 Å². The summed E-state index contributed by atoms with van der Waals surface area (Å²) >= 11 is 1.08. The van der Waals surface area contributed by atoms with Crippen LogP contribution in [0, 0.1) is 25.5 Å². The average Bonchev–Trinajstić information content (AvgIpc) is 3.14. The fourth-order valence-corrected chi connectivity index (χ4v) is 3.35. The minimum Gasteiger partial charge on any atom is -0.349 e. The van der Waals surface area contributed by atoms with Crippen molar-refractivity contribution in [1.82, 2.24) is 30.0 Å². The van der Waals surface area contributed by atoms with E-state index in [1.165, 1.54) is 10.7 Å². The molecule has 2 aromatic heterocycles.